The predicted octanol–water partition coefficient (Wildman–Crippen LogP) is 3.73. The van der Waals surface area contributed by atoms with Crippen molar-refractivity contribution < 1.29 is 4.79 Å². The molecule has 0 fully saturated rings. The first-order chi connectivity index (χ1) is 11.2. The lowest BCUT2D eigenvalue weighted by molar-refractivity contribution is -0.125. The minimum absolute atomic E-state index is 0.244. The van der Waals surface area contributed by atoms with Gasteiger partial charge in [-0.05, 0) is 35.3 Å². The highest BCUT2D eigenvalue weighted by molar-refractivity contribution is 6.00. The maximum absolute atomic E-state index is 13.2. The van der Waals surface area contributed by atoms with Gasteiger partial charge in [-0.15, -0.1) is 0 Å². The summed E-state index contributed by atoms with van der Waals surface area (Å²) in [7, 11) is 0. The van der Waals surface area contributed by atoms with Crippen molar-refractivity contribution in [2.75, 3.05) is 19.6 Å². The van der Waals surface area contributed by atoms with Crippen molar-refractivity contribution in [2.24, 2.45) is 0 Å². The Balaban J connectivity index is 2.00. The average molecular weight is 305 g/mol. The van der Waals surface area contributed by atoms with E-state index in [0.29, 0.717) is 12.2 Å². The van der Waals surface area contributed by atoms with Crippen LogP contribution in [0.25, 0.3) is 0 Å². The fourth-order valence-electron chi connectivity index (χ4n) is 4.61. The molecule has 118 valence electrons. The third-order valence-electron chi connectivity index (χ3n) is 5.81. The molecule has 3 aliphatic rings. The van der Waals surface area contributed by atoms with Crippen LogP contribution in [0.3, 0.4) is 0 Å². The number of likely N-dealkylation sites (N-methyl/N-ethyl adjacent to an activating group) is 1. The van der Waals surface area contributed by atoms with E-state index in [1.165, 1.54) is 22.3 Å². The van der Waals surface area contributed by atoms with Crippen molar-refractivity contribution in [2.45, 2.75) is 31.6 Å². The summed E-state index contributed by atoms with van der Waals surface area (Å²) in [4.78, 5) is 15.6. The van der Waals surface area contributed by atoms with Gasteiger partial charge < -0.3 is 4.90 Å². The molecule has 0 spiro atoms. The van der Waals surface area contributed by atoms with Gasteiger partial charge in [-0.2, -0.15) is 0 Å². The summed E-state index contributed by atoms with van der Waals surface area (Å²) in [6.45, 7) is 7.09. The number of benzene rings is 2. The predicted molar refractivity (Wildman–Crippen MR) is 92.9 cm³/mol. The molecule has 0 atom stereocenters. The molecule has 23 heavy (non-hydrogen) atoms. The Morgan fingerprint density at radius 3 is 2.00 bits per heavy atom. The molecular formula is C21H23NO. The fraction of sp³-hybridized carbons (Fsp3) is 0.381. The van der Waals surface area contributed by atoms with Crippen molar-refractivity contribution in [3.05, 3.63) is 70.8 Å². The standard InChI is InChI=1S/C21H23NO/c1-3-22(4-2)14-21-18-11-7-5-9-15(18)17(13-20(21)23)16-10-6-8-12-19(16)21/h5-12,17H,3-4,13-14H2,1-2H3. The highest BCUT2D eigenvalue weighted by Crippen LogP contribution is 2.54. The van der Waals surface area contributed by atoms with Crippen LogP contribution in [-0.2, 0) is 10.2 Å². The lowest BCUT2D eigenvalue weighted by Gasteiger charge is -2.49. The van der Waals surface area contributed by atoms with Crippen LogP contribution in [0.2, 0.25) is 0 Å². The molecule has 0 amide bonds. The molecule has 0 N–H and O–H groups in total. The first-order valence-electron chi connectivity index (χ1n) is 8.66. The highest BCUT2D eigenvalue weighted by atomic mass is 16.1. The quantitative estimate of drug-likeness (QED) is 0.858. The molecule has 2 aromatic carbocycles. The van der Waals surface area contributed by atoms with Crippen LogP contribution < -0.4 is 0 Å². The zero-order chi connectivity index (χ0) is 16.0. The smallest absolute Gasteiger partial charge is 0.150 e. The summed E-state index contributed by atoms with van der Waals surface area (Å²) < 4.78 is 0. The van der Waals surface area contributed by atoms with Crippen molar-refractivity contribution in [1.82, 2.24) is 4.90 Å². The maximum Gasteiger partial charge on any atom is 0.150 e. The fourth-order valence-corrected chi connectivity index (χ4v) is 4.61. The molecule has 0 aliphatic heterocycles. The van der Waals surface area contributed by atoms with Crippen LogP contribution in [0.15, 0.2) is 48.5 Å². The first-order valence-corrected chi connectivity index (χ1v) is 8.66. The van der Waals surface area contributed by atoms with E-state index in [9.17, 15) is 4.79 Å². The summed E-state index contributed by atoms with van der Waals surface area (Å²) in [6.07, 6.45) is 0.648. The topological polar surface area (TPSA) is 20.3 Å². The lowest BCUT2D eigenvalue weighted by Crippen LogP contribution is -2.54. The van der Waals surface area contributed by atoms with E-state index in [0.717, 1.165) is 19.6 Å². The second-order valence-corrected chi connectivity index (χ2v) is 6.72. The molecule has 5 rings (SSSR count). The minimum Gasteiger partial charge on any atom is -0.302 e. The Morgan fingerprint density at radius 1 is 0.957 bits per heavy atom. The normalized spacial score (nSPS) is 24.7. The van der Waals surface area contributed by atoms with Gasteiger partial charge >= 0.3 is 0 Å². The van der Waals surface area contributed by atoms with Gasteiger partial charge in [-0.25, -0.2) is 0 Å². The van der Waals surface area contributed by atoms with Gasteiger partial charge in [0.2, 0.25) is 0 Å². The van der Waals surface area contributed by atoms with E-state index in [1.807, 2.05) is 0 Å². The zero-order valence-electron chi connectivity index (χ0n) is 13.9. The second kappa shape index (κ2) is 5.31. The number of ketones is 1. The molecule has 3 aliphatic carbocycles. The third-order valence-corrected chi connectivity index (χ3v) is 5.81. The number of hydrogen-bond donors (Lipinski definition) is 0. The van der Waals surface area contributed by atoms with Gasteiger partial charge in [-0.1, -0.05) is 62.4 Å². The largest absolute Gasteiger partial charge is 0.302 e. The third kappa shape index (κ3) is 1.88. The first kappa shape index (κ1) is 14.6. The van der Waals surface area contributed by atoms with Crippen LogP contribution in [0.1, 0.15) is 48.4 Å². The van der Waals surface area contributed by atoms with Crippen molar-refractivity contribution >= 4 is 5.78 Å². The van der Waals surface area contributed by atoms with Gasteiger partial charge in [-0.3, -0.25) is 4.79 Å². The number of fused-ring (bicyclic) bond motifs is 1. The lowest BCUT2D eigenvalue weighted by atomic mass is 9.54. The maximum atomic E-state index is 13.2. The Hall–Kier alpha value is -1.93. The Bertz CT molecular complexity index is 712. The number of carbonyl (C=O) groups excluding carboxylic acids is 1. The molecule has 0 aromatic heterocycles. The van der Waals surface area contributed by atoms with Gasteiger partial charge in [0.1, 0.15) is 5.78 Å². The van der Waals surface area contributed by atoms with Crippen LogP contribution in [0, 0.1) is 0 Å². The molecule has 0 saturated heterocycles. The summed E-state index contributed by atoms with van der Waals surface area (Å²) >= 11 is 0. The van der Waals surface area contributed by atoms with Crippen LogP contribution in [-0.4, -0.2) is 30.3 Å². The van der Waals surface area contributed by atoms with E-state index >= 15 is 0 Å². The summed E-state index contributed by atoms with van der Waals surface area (Å²) in [5.74, 6) is 0.639. The molecule has 0 unspecified atom stereocenters. The summed E-state index contributed by atoms with van der Waals surface area (Å²) in [5, 5.41) is 0. The van der Waals surface area contributed by atoms with Gasteiger partial charge in [0.05, 0.1) is 5.41 Å². The van der Waals surface area contributed by atoms with E-state index in [2.05, 4.69) is 67.3 Å². The Kier molecular flexibility index (Phi) is 3.38. The molecule has 2 nitrogen and oxygen atoms in total. The molecular weight excluding hydrogens is 282 g/mol. The number of nitrogens with zero attached hydrogens (tertiary/aromatic N) is 1. The van der Waals surface area contributed by atoms with Crippen LogP contribution >= 0.6 is 0 Å². The van der Waals surface area contributed by atoms with E-state index in [4.69, 9.17) is 0 Å². The number of hydrogen-bond acceptors (Lipinski definition) is 2. The Morgan fingerprint density at radius 2 is 1.48 bits per heavy atom. The van der Waals surface area contributed by atoms with E-state index in [1.54, 1.807) is 0 Å². The molecule has 2 heteroatoms. The average Bonchev–Trinajstić information content (AvgIpc) is 2.61. The summed E-state index contributed by atoms with van der Waals surface area (Å²) in [6, 6.07) is 17.2. The van der Waals surface area contributed by atoms with Crippen molar-refractivity contribution in [3.8, 4) is 0 Å². The van der Waals surface area contributed by atoms with E-state index < -0.39 is 5.41 Å². The van der Waals surface area contributed by atoms with Crippen LogP contribution in [0.4, 0.5) is 0 Å². The second-order valence-electron chi connectivity index (χ2n) is 6.72. The molecule has 2 aromatic rings. The molecule has 2 bridgehead atoms. The van der Waals surface area contributed by atoms with E-state index in [-0.39, 0.29) is 5.92 Å². The van der Waals surface area contributed by atoms with Gasteiger partial charge in [0, 0.05) is 18.9 Å². The van der Waals surface area contributed by atoms with Crippen LogP contribution in [0.5, 0.6) is 0 Å². The molecule has 0 radical (unpaired) electrons. The highest BCUT2D eigenvalue weighted by Gasteiger charge is 2.54. The SMILES string of the molecule is CCN(CC)CC12C(=O)CC(c3ccccc31)c1ccccc12. The van der Waals surface area contributed by atoms with Crippen molar-refractivity contribution in [1.29, 1.82) is 0 Å². The Labute approximate surface area is 138 Å². The van der Waals surface area contributed by atoms with Gasteiger partial charge in [0.15, 0.2) is 0 Å². The van der Waals surface area contributed by atoms with Gasteiger partial charge in [0.25, 0.3) is 0 Å². The molecule has 0 heterocycles. The number of Topliss-reactive ketones (excluding diaryl/α,β-unsaturated/α-hetero) is 1. The zero-order valence-corrected chi connectivity index (χ0v) is 13.9. The minimum atomic E-state index is -0.478. The van der Waals surface area contributed by atoms with Crippen molar-refractivity contribution in [3.63, 3.8) is 0 Å². The number of carbonyl (C=O) groups is 1. The number of rotatable bonds is 4. The molecule has 0 saturated carbocycles. The monoisotopic (exact) mass is 305 g/mol. The summed E-state index contributed by atoms with van der Waals surface area (Å²) in [5.41, 5.74) is 4.73.